The van der Waals surface area contributed by atoms with Crippen LogP contribution in [0.4, 0.5) is 0 Å². The van der Waals surface area contributed by atoms with Crippen LogP contribution in [0.3, 0.4) is 0 Å². The molecule has 0 aromatic rings. The Bertz CT molecular complexity index is 554. The third-order valence-electron chi connectivity index (χ3n) is 5.32. The van der Waals surface area contributed by atoms with Crippen molar-refractivity contribution >= 4 is 25.2 Å². The molecule has 2 unspecified atom stereocenters. The number of hydrogen-bond acceptors (Lipinski definition) is 11. The van der Waals surface area contributed by atoms with Gasteiger partial charge in [-0.2, -0.15) is 0 Å². The van der Waals surface area contributed by atoms with Gasteiger partial charge in [-0.05, 0) is 64.8 Å². The normalized spacial score (nSPS) is 14.7. The van der Waals surface area contributed by atoms with Crippen LogP contribution < -0.4 is 0 Å². The first kappa shape index (κ1) is 40.2. The van der Waals surface area contributed by atoms with Crippen LogP contribution in [0.15, 0.2) is 0 Å². The molecule has 0 bridgehead atoms. The summed E-state index contributed by atoms with van der Waals surface area (Å²) >= 11 is 0. The summed E-state index contributed by atoms with van der Waals surface area (Å²) in [4.78, 5) is 2.07. The Morgan fingerprint density at radius 2 is 0.950 bits per heavy atom. The molecule has 11 nitrogen and oxygen atoms in total. The Kier molecular flexibility index (Phi) is 22.8. The summed E-state index contributed by atoms with van der Waals surface area (Å²) in [6.45, 7) is 21.1. The van der Waals surface area contributed by atoms with Crippen LogP contribution in [-0.4, -0.2) is 152 Å². The third-order valence-corrected chi connectivity index (χ3v) is 14.9. The number of ether oxygens (including phenoxy) is 6. The van der Waals surface area contributed by atoms with Gasteiger partial charge in [0.2, 0.25) is 0 Å². The van der Waals surface area contributed by atoms with E-state index in [2.05, 4.69) is 50.7 Å². The van der Waals surface area contributed by atoms with Crippen LogP contribution in [-0.2, 0) is 36.7 Å². The second-order valence-electron chi connectivity index (χ2n) is 12.1. The van der Waals surface area contributed by atoms with Crippen molar-refractivity contribution in [1.29, 1.82) is 0 Å². The minimum Gasteiger partial charge on any atom is -0.437 e. The van der Waals surface area contributed by atoms with E-state index in [1.807, 2.05) is 0 Å². The molecule has 0 amide bonds. The highest BCUT2D eigenvalue weighted by atomic mass is 28.5. The Morgan fingerprint density at radius 3 is 1.32 bits per heavy atom. The van der Waals surface area contributed by atoms with Crippen LogP contribution in [0.5, 0.6) is 0 Å². The molecule has 0 aliphatic heterocycles. The molecule has 14 heteroatoms. The predicted molar refractivity (Wildman–Crippen MR) is 165 cm³/mol. The van der Waals surface area contributed by atoms with Gasteiger partial charge < -0.3 is 46.9 Å². The molecule has 242 valence electrons. The first-order valence-corrected chi connectivity index (χ1v) is 23.8. The molecule has 2 atom stereocenters. The van der Waals surface area contributed by atoms with E-state index in [-0.39, 0.29) is 13.2 Å². The topological polar surface area (TPSA) is 118 Å². The van der Waals surface area contributed by atoms with Crippen molar-refractivity contribution in [2.24, 2.45) is 0 Å². The molecular weight excluding hydrogens is 571 g/mol. The average molecular weight is 632 g/mol. The molecule has 0 aromatic carbocycles. The maximum absolute atomic E-state index is 10.7. The van der Waals surface area contributed by atoms with Crippen molar-refractivity contribution in [1.82, 2.24) is 4.90 Å². The lowest BCUT2D eigenvalue weighted by Gasteiger charge is -2.39. The zero-order valence-corrected chi connectivity index (χ0v) is 29.9. The second-order valence-corrected chi connectivity index (χ2v) is 24.9. The molecule has 2 N–H and O–H groups in total. The summed E-state index contributed by atoms with van der Waals surface area (Å²) in [7, 11) is -2.68. The maximum atomic E-state index is 10.7. The molecular formula is C26H61NO10Si3. The van der Waals surface area contributed by atoms with Gasteiger partial charge in [-0.1, -0.05) is 0 Å². The minimum atomic E-state index is -2.37. The molecule has 0 spiro atoms. The SMILES string of the molecule is COCCOCCOCC(O)CN(CCC[Si](C)(O[Si](C)(C)C)O[Si](C)(C)C)CC(O)COCCOCCOC. The van der Waals surface area contributed by atoms with E-state index >= 15 is 0 Å². The fraction of sp³-hybridized carbons (Fsp3) is 1.00. The monoisotopic (exact) mass is 631 g/mol. The zero-order chi connectivity index (χ0) is 30.5. The van der Waals surface area contributed by atoms with E-state index in [0.29, 0.717) is 72.5 Å². The van der Waals surface area contributed by atoms with Gasteiger partial charge in [0.05, 0.1) is 78.3 Å². The molecule has 0 saturated heterocycles. The number of aliphatic hydroxyl groups is 2. The van der Waals surface area contributed by atoms with E-state index in [0.717, 1.165) is 12.5 Å². The summed E-state index contributed by atoms with van der Waals surface area (Å²) in [5, 5.41) is 21.3. The number of methoxy groups -OCH3 is 2. The maximum Gasteiger partial charge on any atom is 0.314 e. The molecule has 0 radical (unpaired) electrons. The summed E-state index contributed by atoms with van der Waals surface area (Å²) in [5.74, 6) is 0. The van der Waals surface area contributed by atoms with Gasteiger partial charge in [-0.3, -0.25) is 4.90 Å². The lowest BCUT2D eigenvalue weighted by Crippen LogP contribution is -2.52. The molecule has 0 fully saturated rings. The smallest absolute Gasteiger partial charge is 0.314 e. The first-order chi connectivity index (χ1) is 18.7. The van der Waals surface area contributed by atoms with Gasteiger partial charge >= 0.3 is 8.56 Å². The highest BCUT2D eigenvalue weighted by Crippen LogP contribution is 2.25. The molecule has 0 rings (SSSR count). The Morgan fingerprint density at radius 1 is 0.575 bits per heavy atom. The van der Waals surface area contributed by atoms with Gasteiger partial charge in [-0.25, -0.2) is 0 Å². The Labute approximate surface area is 247 Å². The fourth-order valence-corrected chi connectivity index (χ4v) is 16.7. The highest BCUT2D eigenvalue weighted by Gasteiger charge is 2.39. The first-order valence-electron chi connectivity index (χ1n) is 14.5. The van der Waals surface area contributed by atoms with E-state index in [4.69, 9.17) is 36.7 Å². The standard InChI is InChI=1S/C26H61NO10Si3/c1-30-12-14-32-16-18-34-23-25(28)21-27(22-26(29)24-35-19-17-33-15-13-31-2)11-10-20-40(9,36-38(3,4)5)37-39(6,7)8/h25-26,28-29H,10-24H2,1-9H3. The van der Waals surface area contributed by atoms with Gasteiger partial charge in [0.1, 0.15) is 0 Å². The van der Waals surface area contributed by atoms with E-state index in [1.54, 1.807) is 14.2 Å². The third kappa shape index (κ3) is 25.9. The lowest BCUT2D eigenvalue weighted by atomic mass is 10.2. The highest BCUT2D eigenvalue weighted by molar-refractivity contribution is 6.87. The van der Waals surface area contributed by atoms with Crippen molar-refractivity contribution in [2.75, 3.05) is 99.9 Å². The Hall–Kier alpha value is 0.211. The summed E-state index contributed by atoms with van der Waals surface area (Å²) in [5.41, 5.74) is 0. The van der Waals surface area contributed by atoms with Crippen molar-refractivity contribution in [3.63, 3.8) is 0 Å². The van der Waals surface area contributed by atoms with E-state index < -0.39 is 37.4 Å². The van der Waals surface area contributed by atoms with Gasteiger partial charge in [0, 0.05) is 27.3 Å². The number of aliphatic hydroxyl groups excluding tert-OH is 2. The van der Waals surface area contributed by atoms with Crippen LogP contribution in [0.2, 0.25) is 51.9 Å². The largest absolute Gasteiger partial charge is 0.437 e. The van der Waals surface area contributed by atoms with Crippen molar-refractivity contribution < 1.29 is 46.9 Å². The van der Waals surface area contributed by atoms with Crippen LogP contribution in [0.1, 0.15) is 6.42 Å². The van der Waals surface area contributed by atoms with E-state index in [1.165, 1.54) is 0 Å². The van der Waals surface area contributed by atoms with Gasteiger partial charge in [0.15, 0.2) is 16.6 Å². The zero-order valence-electron chi connectivity index (χ0n) is 26.9. The molecule has 0 aliphatic rings. The van der Waals surface area contributed by atoms with Gasteiger partial charge in [-0.15, -0.1) is 0 Å². The van der Waals surface area contributed by atoms with Crippen LogP contribution in [0, 0.1) is 0 Å². The summed E-state index contributed by atoms with van der Waals surface area (Å²) in [6, 6.07) is 0.856. The lowest BCUT2D eigenvalue weighted by molar-refractivity contribution is -0.0307. The quantitative estimate of drug-likeness (QED) is 0.0980. The average Bonchev–Trinajstić information content (AvgIpc) is 2.80. The van der Waals surface area contributed by atoms with E-state index in [9.17, 15) is 10.2 Å². The van der Waals surface area contributed by atoms with Crippen molar-refractivity contribution in [2.45, 2.75) is 70.5 Å². The number of nitrogens with zero attached hydrogens (tertiary/aromatic N) is 1. The van der Waals surface area contributed by atoms with Crippen molar-refractivity contribution in [3.8, 4) is 0 Å². The van der Waals surface area contributed by atoms with Crippen LogP contribution >= 0.6 is 0 Å². The molecule has 0 aromatic heterocycles. The minimum absolute atomic E-state index is 0.194. The van der Waals surface area contributed by atoms with Crippen molar-refractivity contribution in [3.05, 3.63) is 0 Å². The van der Waals surface area contributed by atoms with Gasteiger partial charge in [0.25, 0.3) is 0 Å². The second kappa shape index (κ2) is 22.7. The molecule has 0 aliphatic carbocycles. The molecule has 0 heterocycles. The number of hydrogen-bond donors (Lipinski definition) is 2. The van der Waals surface area contributed by atoms with Crippen LogP contribution in [0.25, 0.3) is 0 Å². The summed E-state index contributed by atoms with van der Waals surface area (Å²) in [6.07, 6.45) is -0.540. The Balaban J connectivity index is 4.91. The molecule has 40 heavy (non-hydrogen) atoms. The predicted octanol–water partition coefficient (Wildman–Crippen LogP) is 2.53. The molecule has 0 saturated carbocycles. The summed E-state index contributed by atoms with van der Waals surface area (Å²) < 4.78 is 45.2. The fourth-order valence-electron chi connectivity index (χ4n) is 4.16. The number of rotatable bonds is 28.